The molecule has 5 heteroatoms. The summed E-state index contributed by atoms with van der Waals surface area (Å²) in [6.45, 7) is 9.55. The maximum atomic E-state index is 9.16. The Balaban J connectivity index is 2.39. The van der Waals surface area contributed by atoms with Gasteiger partial charge in [0.15, 0.2) is 0 Å². The van der Waals surface area contributed by atoms with Crippen molar-refractivity contribution in [3.8, 4) is 0 Å². The van der Waals surface area contributed by atoms with Crippen LogP contribution in [0.1, 0.15) is 39.8 Å². The van der Waals surface area contributed by atoms with E-state index in [-0.39, 0.29) is 11.6 Å². The lowest BCUT2D eigenvalue weighted by molar-refractivity contribution is 0.176. The molecule has 1 aromatic heterocycles. The van der Waals surface area contributed by atoms with Crippen molar-refractivity contribution >= 4 is 0 Å². The van der Waals surface area contributed by atoms with Crippen LogP contribution < -0.4 is 5.32 Å². The number of nitrogens with zero attached hydrogens (tertiary/aromatic N) is 3. The smallest absolute Gasteiger partial charge is 0.0965 e. The first kappa shape index (κ1) is 13.1. The van der Waals surface area contributed by atoms with E-state index >= 15 is 0 Å². The summed E-state index contributed by atoms with van der Waals surface area (Å²) in [5.41, 5.74) is 1.02. The molecule has 0 aliphatic carbocycles. The fraction of sp³-hybridized carbons (Fsp3) is 0.818. The second kappa shape index (κ2) is 5.41. The molecular weight excluding hydrogens is 204 g/mol. The summed E-state index contributed by atoms with van der Waals surface area (Å²) < 4.78 is 1.77. The first-order valence-electron chi connectivity index (χ1n) is 5.69. The van der Waals surface area contributed by atoms with Gasteiger partial charge in [0.2, 0.25) is 0 Å². The van der Waals surface area contributed by atoms with Crippen LogP contribution in [0.3, 0.4) is 0 Å². The second-order valence-corrected chi connectivity index (χ2v) is 5.21. The number of aliphatic hydroxyl groups is 1. The van der Waals surface area contributed by atoms with Gasteiger partial charge in [0, 0.05) is 24.8 Å². The SMILES string of the molecule is CC(O)CCn1cc(CNC(C)(C)C)nn1. The maximum absolute atomic E-state index is 9.16. The van der Waals surface area contributed by atoms with Crippen molar-refractivity contribution in [2.45, 2.75) is 58.8 Å². The van der Waals surface area contributed by atoms with Crippen molar-refractivity contribution in [1.29, 1.82) is 0 Å². The number of nitrogens with one attached hydrogen (secondary N) is 1. The third-order valence-electron chi connectivity index (χ3n) is 2.16. The Kier molecular flexibility index (Phi) is 4.44. The highest BCUT2D eigenvalue weighted by Gasteiger charge is 2.10. The molecular formula is C11H22N4O. The minimum Gasteiger partial charge on any atom is -0.393 e. The Morgan fingerprint density at radius 2 is 2.19 bits per heavy atom. The van der Waals surface area contributed by atoms with Crippen LogP contribution in [-0.2, 0) is 13.1 Å². The van der Waals surface area contributed by atoms with Crippen LogP contribution >= 0.6 is 0 Å². The molecule has 16 heavy (non-hydrogen) atoms. The van der Waals surface area contributed by atoms with Gasteiger partial charge in [-0.05, 0) is 34.1 Å². The maximum Gasteiger partial charge on any atom is 0.0965 e. The third kappa shape index (κ3) is 5.23. The van der Waals surface area contributed by atoms with Crippen LogP contribution in [0.4, 0.5) is 0 Å². The first-order chi connectivity index (χ1) is 7.37. The Morgan fingerprint density at radius 1 is 1.50 bits per heavy atom. The number of hydrogen-bond donors (Lipinski definition) is 2. The van der Waals surface area contributed by atoms with Gasteiger partial charge in [-0.15, -0.1) is 5.10 Å². The summed E-state index contributed by atoms with van der Waals surface area (Å²) >= 11 is 0. The molecule has 0 aliphatic rings. The van der Waals surface area contributed by atoms with Gasteiger partial charge < -0.3 is 10.4 Å². The molecule has 0 amide bonds. The molecule has 1 rings (SSSR count). The highest BCUT2D eigenvalue weighted by atomic mass is 16.3. The standard InChI is InChI=1S/C11H22N4O/c1-9(16)5-6-15-8-10(13-14-15)7-12-11(2,3)4/h8-9,12,16H,5-7H2,1-4H3. The van der Waals surface area contributed by atoms with Gasteiger partial charge in [0.05, 0.1) is 11.8 Å². The van der Waals surface area contributed by atoms with Crippen LogP contribution in [-0.4, -0.2) is 31.7 Å². The third-order valence-corrected chi connectivity index (χ3v) is 2.16. The van der Waals surface area contributed by atoms with Crippen molar-refractivity contribution < 1.29 is 5.11 Å². The molecule has 0 fully saturated rings. The fourth-order valence-electron chi connectivity index (χ4n) is 1.20. The molecule has 2 N–H and O–H groups in total. The highest BCUT2D eigenvalue weighted by molar-refractivity contribution is 4.93. The number of rotatable bonds is 5. The average Bonchev–Trinajstić information content (AvgIpc) is 2.58. The van der Waals surface area contributed by atoms with Crippen LogP contribution in [0.2, 0.25) is 0 Å². The number of aromatic nitrogens is 3. The molecule has 0 bridgehead atoms. The molecule has 0 saturated carbocycles. The van der Waals surface area contributed by atoms with E-state index < -0.39 is 0 Å². The summed E-state index contributed by atoms with van der Waals surface area (Å²) in [4.78, 5) is 0. The zero-order chi connectivity index (χ0) is 12.2. The van der Waals surface area contributed by atoms with Crippen molar-refractivity contribution in [2.75, 3.05) is 0 Å². The molecule has 0 aromatic carbocycles. The monoisotopic (exact) mass is 226 g/mol. The zero-order valence-corrected chi connectivity index (χ0v) is 10.6. The van der Waals surface area contributed by atoms with Gasteiger partial charge in [0.1, 0.15) is 0 Å². The van der Waals surface area contributed by atoms with E-state index in [0.717, 1.165) is 12.2 Å². The van der Waals surface area contributed by atoms with Crippen molar-refractivity contribution in [1.82, 2.24) is 20.3 Å². The Hall–Kier alpha value is -0.940. The summed E-state index contributed by atoms with van der Waals surface area (Å²) in [5.74, 6) is 0. The number of aliphatic hydroxyl groups excluding tert-OH is 1. The Bertz CT molecular complexity index is 314. The molecule has 1 heterocycles. The van der Waals surface area contributed by atoms with E-state index in [0.29, 0.717) is 13.0 Å². The topological polar surface area (TPSA) is 63.0 Å². The van der Waals surface area contributed by atoms with E-state index in [1.165, 1.54) is 0 Å². The summed E-state index contributed by atoms with van der Waals surface area (Å²) in [6, 6.07) is 0. The number of hydrogen-bond acceptors (Lipinski definition) is 4. The van der Waals surface area contributed by atoms with E-state index in [1.807, 2.05) is 6.20 Å². The van der Waals surface area contributed by atoms with Gasteiger partial charge in [-0.2, -0.15) is 0 Å². The quantitative estimate of drug-likeness (QED) is 0.784. The predicted molar refractivity (Wildman–Crippen MR) is 62.9 cm³/mol. The Labute approximate surface area is 96.9 Å². The van der Waals surface area contributed by atoms with Gasteiger partial charge in [-0.25, -0.2) is 0 Å². The molecule has 0 radical (unpaired) electrons. The van der Waals surface area contributed by atoms with Crippen molar-refractivity contribution in [3.63, 3.8) is 0 Å². The lowest BCUT2D eigenvalue weighted by Gasteiger charge is -2.19. The average molecular weight is 226 g/mol. The molecule has 0 aliphatic heterocycles. The molecule has 0 saturated heterocycles. The van der Waals surface area contributed by atoms with Crippen LogP contribution in [0.5, 0.6) is 0 Å². The second-order valence-electron chi connectivity index (χ2n) is 5.21. The van der Waals surface area contributed by atoms with E-state index in [4.69, 9.17) is 5.11 Å². The summed E-state index contributed by atoms with van der Waals surface area (Å²) in [6.07, 6.45) is 2.33. The highest BCUT2D eigenvalue weighted by Crippen LogP contribution is 2.02. The van der Waals surface area contributed by atoms with Gasteiger partial charge in [-0.1, -0.05) is 5.21 Å². The lowest BCUT2D eigenvalue weighted by atomic mass is 10.1. The van der Waals surface area contributed by atoms with Crippen LogP contribution in [0.25, 0.3) is 0 Å². The summed E-state index contributed by atoms with van der Waals surface area (Å²) in [5, 5.41) is 20.6. The molecule has 5 nitrogen and oxygen atoms in total. The van der Waals surface area contributed by atoms with Crippen LogP contribution in [0, 0.1) is 0 Å². The number of aryl methyl sites for hydroxylation is 1. The van der Waals surface area contributed by atoms with Crippen LogP contribution in [0.15, 0.2) is 6.20 Å². The largest absolute Gasteiger partial charge is 0.393 e. The predicted octanol–water partition coefficient (Wildman–Crippen LogP) is 0.937. The van der Waals surface area contributed by atoms with E-state index in [9.17, 15) is 0 Å². The van der Waals surface area contributed by atoms with E-state index in [1.54, 1.807) is 11.6 Å². The molecule has 1 unspecified atom stereocenters. The zero-order valence-electron chi connectivity index (χ0n) is 10.6. The minimum absolute atomic E-state index is 0.0867. The lowest BCUT2D eigenvalue weighted by Crippen LogP contribution is -2.35. The fourth-order valence-corrected chi connectivity index (χ4v) is 1.20. The van der Waals surface area contributed by atoms with Crippen molar-refractivity contribution in [3.05, 3.63) is 11.9 Å². The van der Waals surface area contributed by atoms with Gasteiger partial charge in [0.25, 0.3) is 0 Å². The molecule has 0 spiro atoms. The van der Waals surface area contributed by atoms with Gasteiger partial charge in [-0.3, -0.25) is 4.68 Å². The minimum atomic E-state index is -0.291. The summed E-state index contributed by atoms with van der Waals surface area (Å²) in [7, 11) is 0. The Morgan fingerprint density at radius 3 is 2.75 bits per heavy atom. The first-order valence-corrected chi connectivity index (χ1v) is 5.69. The molecule has 92 valence electrons. The molecule has 1 aromatic rings. The van der Waals surface area contributed by atoms with Gasteiger partial charge >= 0.3 is 0 Å². The normalized spacial score (nSPS) is 14.1. The molecule has 1 atom stereocenters. The van der Waals surface area contributed by atoms with E-state index in [2.05, 4.69) is 36.4 Å². The van der Waals surface area contributed by atoms with Crippen molar-refractivity contribution in [2.24, 2.45) is 0 Å².